The van der Waals surface area contributed by atoms with Crippen molar-refractivity contribution in [3.8, 4) is 0 Å². The van der Waals surface area contributed by atoms with Crippen molar-refractivity contribution in [3.05, 3.63) is 11.6 Å². The molecule has 27 heavy (non-hydrogen) atoms. The Morgan fingerprint density at radius 3 is 2.74 bits per heavy atom. The van der Waals surface area contributed by atoms with Crippen LogP contribution in [0.5, 0.6) is 0 Å². The highest BCUT2D eigenvalue weighted by molar-refractivity contribution is 5.87. The fraction of sp³-hybridized carbons (Fsp3) is 0.818. The summed E-state index contributed by atoms with van der Waals surface area (Å²) in [6.45, 7) is 4.04. The molecule has 0 bridgehead atoms. The maximum absolute atomic E-state index is 12.3. The summed E-state index contributed by atoms with van der Waals surface area (Å²) in [6, 6.07) is 0. The standard InChI is InChI=1S/C22H36O5/c1-3-4-7-15(2)19(23)12-10-16-11-13-20(24)18(16)9-6-5-8-17-14-22(17,27)21(25)26/h8,15-16,18-19,23,27H,3-7,9-14H2,1-2H3,(H,25,26)/t15-,16+,18-,19-,22?/m1/s1/i19D. The first kappa shape index (κ1) is 20.5. The Hall–Kier alpha value is -1.20. The van der Waals surface area contributed by atoms with E-state index in [1.165, 1.54) is 0 Å². The van der Waals surface area contributed by atoms with Crippen molar-refractivity contribution in [3.63, 3.8) is 0 Å². The highest BCUT2D eigenvalue weighted by Gasteiger charge is 2.54. The zero-order valence-electron chi connectivity index (χ0n) is 17.7. The van der Waals surface area contributed by atoms with Gasteiger partial charge in [-0.2, -0.15) is 0 Å². The Morgan fingerprint density at radius 2 is 2.11 bits per heavy atom. The van der Waals surface area contributed by atoms with Gasteiger partial charge in [0.05, 0.1) is 7.45 Å². The molecule has 5 atom stereocenters. The van der Waals surface area contributed by atoms with E-state index in [-0.39, 0.29) is 30.0 Å². The van der Waals surface area contributed by atoms with Crippen LogP contribution in [0.2, 0.25) is 0 Å². The minimum atomic E-state index is -1.65. The normalized spacial score (nSPS) is 33.0. The number of hydrogen-bond donors (Lipinski definition) is 3. The smallest absolute Gasteiger partial charge is 0.340 e. The van der Waals surface area contributed by atoms with Gasteiger partial charge >= 0.3 is 5.97 Å². The van der Waals surface area contributed by atoms with E-state index in [9.17, 15) is 19.8 Å². The topological polar surface area (TPSA) is 94.8 Å². The van der Waals surface area contributed by atoms with Crippen molar-refractivity contribution in [1.29, 1.82) is 0 Å². The quantitative estimate of drug-likeness (QED) is 0.352. The lowest BCUT2D eigenvalue weighted by atomic mass is 9.84. The molecule has 1 unspecified atom stereocenters. The molecule has 0 aromatic rings. The summed E-state index contributed by atoms with van der Waals surface area (Å²) in [5, 5.41) is 29.2. The third kappa shape index (κ3) is 5.89. The Balaban J connectivity index is 1.78. The largest absolute Gasteiger partial charge is 0.479 e. The predicted octanol–water partition coefficient (Wildman–Crippen LogP) is 3.87. The van der Waals surface area contributed by atoms with Crippen molar-refractivity contribution >= 4 is 11.8 Å². The zero-order chi connectivity index (χ0) is 20.9. The van der Waals surface area contributed by atoms with Gasteiger partial charge in [-0.05, 0) is 62.4 Å². The third-order valence-corrected chi connectivity index (χ3v) is 6.39. The van der Waals surface area contributed by atoms with Gasteiger partial charge in [-0.1, -0.05) is 32.8 Å². The van der Waals surface area contributed by atoms with E-state index in [0.717, 1.165) is 38.5 Å². The van der Waals surface area contributed by atoms with Crippen LogP contribution in [0.15, 0.2) is 11.6 Å². The van der Waals surface area contributed by atoms with Crippen molar-refractivity contribution in [2.24, 2.45) is 17.8 Å². The minimum absolute atomic E-state index is 0.0160. The lowest BCUT2D eigenvalue weighted by Gasteiger charge is -2.23. The molecule has 2 aliphatic carbocycles. The number of ketones is 1. The van der Waals surface area contributed by atoms with Crippen LogP contribution in [0.1, 0.15) is 85.8 Å². The van der Waals surface area contributed by atoms with Crippen LogP contribution < -0.4 is 0 Å². The molecule has 0 amide bonds. The Labute approximate surface area is 164 Å². The van der Waals surface area contributed by atoms with Gasteiger partial charge in [0.25, 0.3) is 0 Å². The summed E-state index contributed by atoms with van der Waals surface area (Å²) in [7, 11) is 0. The summed E-state index contributed by atoms with van der Waals surface area (Å²) in [4.78, 5) is 23.2. The van der Waals surface area contributed by atoms with E-state index < -0.39 is 17.7 Å². The molecule has 3 N–H and O–H groups in total. The van der Waals surface area contributed by atoms with Gasteiger partial charge in [0, 0.05) is 18.8 Å². The van der Waals surface area contributed by atoms with E-state index in [1.807, 2.05) is 6.92 Å². The molecule has 5 nitrogen and oxygen atoms in total. The zero-order valence-corrected chi connectivity index (χ0v) is 16.7. The number of allylic oxidation sites excluding steroid dienone is 1. The average molecular weight is 382 g/mol. The van der Waals surface area contributed by atoms with Gasteiger partial charge in [-0.3, -0.25) is 4.79 Å². The minimum Gasteiger partial charge on any atom is -0.479 e. The van der Waals surface area contributed by atoms with Crippen LogP contribution in [0.3, 0.4) is 0 Å². The average Bonchev–Trinajstić information content (AvgIpc) is 3.18. The van der Waals surface area contributed by atoms with Crippen LogP contribution in [0.4, 0.5) is 0 Å². The molecule has 0 heterocycles. The van der Waals surface area contributed by atoms with Crippen LogP contribution in [0.25, 0.3) is 0 Å². The molecule has 0 aliphatic heterocycles. The summed E-state index contributed by atoms with van der Waals surface area (Å²) in [5.41, 5.74) is -1.09. The first-order chi connectivity index (χ1) is 13.1. The van der Waals surface area contributed by atoms with Gasteiger partial charge in [0.2, 0.25) is 0 Å². The monoisotopic (exact) mass is 381 g/mol. The van der Waals surface area contributed by atoms with Crippen LogP contribution in [-0.2, 0) is 9.59 Å². The molecule has 0 aromatic heterocycles. The number of rotatable bonds is 12. The number of unbranched alkanes of at least 4 members (excludes halogenated alkanes) is 2. The molecule has 0 aromatic carbocycles. The van der Waals surface area contributed by atoms with E-state index >= 15 is 0 Å². The second-order valence-electron chi connectivity index (χ2n) is 8.45. The van der Waals surface area contributed by atoms with Gasteiger partial charge in [-0.15, -0.1) is 0 Å². The van der Waals surface area contributed by atoms with Gasteiger partial charge in [-0.25, -0.2) is 4.79 Å². The first-order valence-corrected chi connectivity index (χ1v) is 10.5. The number of hydrogen-bond acceptors (Lipinski definition) is 4. The number of carboxylic acid groups (broad SMARTS) is 1. The third-order valence-electron chi connectivity index (χ3n) is 6.39. The van der Waals surface area contributed by atoms with Crippen molar-refractivity contribution in [2.45, 2.75) is 96.2 Å². The van der Waals surface area contributed by atoms with Crippen LogP contribution >= 0.6 is 0 Å². The Morgan fingerprint density at radius 1 is 1.37 bits per heavy atom. The van der Waals surface area contributed by atoms with Crippen molar-refractivity contribution in [2.75, 3.05) is 0 Å². The maximum atomic E-state index is 12.3. The van der Waals surface area contributed by atoms with Crippen LogP contribution in [0, 0.1) is 17.8 Å². The van der Waals surface area contributed by atoms with Gasteiger partial charge in [0.15, 0.2) is 5.60 Å². The molecule has 0 spiro atoms. The lowest BCUT2D eigenvalue weighted by Crippen LogP contribution is -2.21. The SMILES string of the molecule is [2H][C@@](O)(CC[C@H]1CCC(=O)[C@@H]1CCCC=C1CC1(O)C(=O)O)[C@H](C)CCCC. The second kappa shape index (κ2) is 9.83. The fourth-order valence-corrected chi connectivity index (χ4v) is 4.28. The number of carbonyl (C=O) groups excluding carboxylic acids is 1. The van der Waals surface area contributed by atoms with E-state index in [4.69, 9.17) is 6.48 Å². The summed E-state index contributed by atoms with van der Waals surface area (Å²) < 4.78 is 8.28. The van der Waals surface area contributed by atoms with Gasteiger partial charge in [0.1, 0.15) is 5.78 Å². The molecular weight excluding hydrogens is 344 g/mol. The number of Topliss-reactive ketones (excluding diaryl/α,β-unsaturated/α-hetero) is 1. The number of aliphatic hydroxyl groups is 2. The van der Waals surface area contributed by atoms with E-state index in [1.54, 1.807) is 6.08 Å². The Kier molecular flexibility index (Phi) is 7.48. The number of carboxylic acids is 1. The number of carbonyl (C=O) groups is 2. The van der Waals surface area contributed by atoms with Crippen molar-refractivity contribution in [1.82, 2.24) is 0 Å². The Bertz CT molecular complexity index is 600. The first-order valence-electron chi connectivity index (χ1n) is 11.0. The number of aliphatic carboxylic acids is 1. The van der Waals surface area contributed by atoms with E-state index in [0.29, 0.717) is 31.3 Å². The molecular formula is C22H36O5. The highest BCUT2D eigenvalue weighted by Crippen LogP contribution is 2.43. The molecule has 2 fully saturated rings. The second-order valence-corrected chi connectivity index (χ2v) is 8.45. The predicted molar refractivity (Wildman–Crippen MR) is 104 cm³/mol. The molecule has 5 heteroatoms. The summed E-state index contributed by atoms with van der Waals surface area (Å²) in [5.74, 6) is -0.773. The van der Waals surface area contributed by atoms with E-state index in [2.05, 4.69) is 6.92 Å². The van der Waals surface area contributed by atoms with Crippen LogP contribution in [-0.4, -0.2) is 38.8 Å². The lowest BCUT2D eigenvalue weighted by molar-refractivity contribution is -0.147. The summed E-state index contributed by atoms with van der Waals surface area (Å²) >= 11 is 0. The highest BCUT2D eigenvalue weighted by atomic mass is 16.4. The summed E-state index contributed by atoms with van der Waals surface area (Å²) in [6.07, 6.45) is 8.20. The molecule has 2 aliphatic rings. The fourth-order valence-electron chi connectivity index (χ4n) is 4.28. The molecule has 154 valence electrons. The molecule has 2 rings (SSSR count). The molecule has 0 saturated heterocycles. The molecule has 0 radical (unpaired) electrons. The maximum Gasteiger partial charge on any atom is 0.340 e. The van der Waals surface area contributed by atoms with Gasteiger partial charge < -0.3 is 15.3 Å². The van der Waals surface area contributed by atoms with Crippen molar-refractivity contribution < 1.29 is 26.3 Å². The molecule has 2 saturated carbocycles.